The molecule has 1 aromatic rings. The van der Waals surface area contributed by atoms with Crippen LogP contribution >= 0.6 is 0 Å². The van der Waals surface area contributed by atoms with Crippen molar-refractivity contribution in [2.75, 3.05) is 13.2 Å². The van der Waals surface area contributed by atoms with Crippen molar-refractivity contribution in [3.8, 4) is 0 Å². The Labute approximate surface area is 146 Å². The van der Waals surface area contributed by atoms with E-state index in [0.29, 0.717) is 18.4 Å². The summed E-state index contributed by atoms with van der Waals surface area (Å²) in [5.41, 5.74) is 1.56. The highest BCUT2D eigenvalue weighted by molar-refractivity contribution is 5.89. The van der Waals surface area contributed by atoms with Gasteiger partial charge in [0.2, 0.25) is 0 Å². The van der Waals surface area contributed by atoms with Crippen LogP contribution in [0.2, 0.25) is 0 Å². The number of fused-ring (bicyclic) bond motifs is 2. The molecule has 3 rings (SSSR count). The number of esters is 1. The molecule has 2 unspecified atom stereocenters. The Balaban J connectivity index is 1.43. The average molecular weight is 343 g/mol. The Bertz CT molecular complexity index is 707. The number of hydrogen-bond donors (Lipinski definition) is 0. The lowest BCUT2D eigenvalue weighted by Gasteiger charge is -2.34. The van der Waals surface area contributed by atoms with Gasteiger partial charge in [-0.2, -0.15) is 0 Å². The van der Waals surface area contributed by atoms with Crippen LogP contribution in [0.15, 0.2) is 48.3 Å². The topological polar surface area (TPSA) is 78.7 Å². The van der Waals surface area contributed by atoms with Crippen LogP contribution in [-0.4, -0.2) is 24.1 Å². The summed E-state index contributed by atoms with van der Waals surface area (Å²) < 4.78 is 10.9. The van der Waals surface area contributed by atoms with Crippen LogP contribution in [0, 0.1) is 22.0 Å². The molecule has 2 aliphatic rings. The molecule has 1 aromatic carbocycles. The van der Waals surface area contributed by atoms with Crippen molar-refractivity contribution in [1.82, 2.24) is 0 Å². The lowest BCUT2D eigenvalue weighted by atomic mass is 9.73. The molecule has 0 N–H and O–H groups in total. The van der Waals surface area contributed by atoms with Crippen LogP contribution in [-0.2, 0) is 9.47 Å². The van der Waals surface area contributed by atoms with Crippen LogP contribution in [0.25, 0.3) is 0 Å². The van der Waals surface area contributed by atoms with E-state index in [4.69, 9.17) is 9.47 Å². The first-order valence-electron chi connectivity index (χ1n) is 8.43. The summed E-state index contributed by atoms with van der Waals surface area (Å²) in [5, 5.41) is 10.6. The molecule has 0 aromatic heterocycles. The zero-order valence-corrected chi connectivity index (χ0v) is 14.0. The van der Waals surface area contributed by atoms with E-state index in [2.05, 4.69) is 12.7 Å². The SMILES string of the molecule is C=C1CC2C=C(OCCOC(=O)c3ccc([N+](=O)[O-])cc3)CC(C1)C2. The second-order valence-corrected chi connectivity index (χ2v) is 6.65. The first-order valence-corrected chi connectivity index (χ1v) is 8.43. The smallest absolute Gasteiger partial charge is 0.338 e. The molecule has 0 aliphatic heterocycles. The first kappa shape index (κ1) is 17.2. The third-order valence-corrected chi connectivity index (χ3v) is 4.59. The number of rotatable bonds is 6. The number of allylic oxidation sites excluding steroid dienone is 3. The largest absolute Gasteiger partial charge is 0.495 e. The van der Waals surface area contributed by atoms with Gasteiger partial charge in [0.25, 0.3) is 5.69 Å². The molecule has 25 heavy (non-hydrogen) atoms. The highest BCUT2D eigenvalue weighted by Gasteiger charge is 2.28. The Hall–Kier alpha value is -2.63. The first-order chi connectivity index (χ1) is 12.0. The zero-order chi connectivity index (χ0) is 17.8. The standard InChI is InChI=1S/C19H21NO5/c1-13-8-14-10-15(9-13)12-18(11-14)24-6-7-25-19(21)16-2-4-17(5-3-16)20(22)23/h2-5,11,14-15H,1,6-10,12H2. The predicted molar refractivity (Wildman–Crippen MR) is 92.0 cm³/mol. The van der Waals surface area contributed by atoms with Crippen molar-refractivity contribution >= 4 is 11.7 Å². The Morgan fingerprint density at radius 3 is 2.64 bits per heavy atom. The lowest BCUT2D eigenvalue weighted by Crippen LogP contribution is -2.22. The molecule has 6 heteroatoms. The van der Waals surface area contributed by atoms with Gasteiger partial charge < -0.3 is 9.47 Å². The molecule has 0 amide bonds. The molecule has 6 nitrogen and oxygen atoms in total. The quantitative estimate of drug-likeness (QED) is 0.256. The number of carbonyl (C=O) groups excluding carboxylic acids is 1. The highest BCUT2D eigenvalue weighted by atomic mass is 16.6. The third-order valence-electron chi connectivity index (χ3n) is 4.59. The molecule has 0 radical (unpaired) electrons. The minimum atomic E-state index is -0.510. The molecular formula is C19H21NO5. The van der Waals surface area contributed by atoms with Crippen LogP contribution in [0.4, 0.5) is 5.69 Å². The van der Waals surface area contributed by atoms with Crippen molar-refractivity contribution < 1.29 is 19.2 Å². The highest BCUT2D eigenvalue weighted by Crippen LogP contribution is 2.40. The van der Waals surface area contributed by atoms with Crippen molar-refractivity contribution in [3.05, 3.63) is 63.9 Å². The van der Waals surface area contributed by atoms with Gasteiger partial charge in [0, 0.05) is 18.6 Å². The summed E-state index contributed by atoms with van der Waals surface area (Å²) in [4.78, 5) is 22.0. The molecule has 2 aliphatic carbocycles. The molecule has 0 saturated heterocycles. The molecular weight excluding hydrogens is 322 g/mol. The van der Waals surface area contributed by atoms with Gasteiger partial charge in [-0.25, -0.2) is 4.79 Å². The van der Waals surface area contributed by atoms with E-state index in [1.54, 1.807) is 0 Å². The molecule has 2 bridgehead atoms. The number of benzene rings is 1. The average Bonchev–Trinajstić information content (AvgIpc) is 2.57. The van der Waals surface area contributed by atoms with Gasteiger partial charge in [-0.05, 0) is 49.3 Å². The maximum absolute atomic E-state index is 11.9. The number of non-ortho nitro benzene ring substituents is 1. The minimum Gasteiger partial charge on any atom is -0.495 e. The normalized spacial score (nSPS) is 22.1. The number of nitro groups is 1. The number of hydrogen-bond acceptors (Lipinski definition) is 5. The van der Waals surface area contributed by atoms with Crippen LogP contribution in [0.1, 0.15) is 36.0 Å². The van der Waals surface area contributed by atoms with Gasteiger partial charge in [-0.1, -0.05) is 12.2 Å². The molecule has 132 valence electrons. The third kappa shape index (κ3) is 4.47. The van der Waals surface area contributed by atoms with Crippen molar-refractivity contribution in [1.29, 1.82) is 0 Å². The monoisotopic (exact) mass is 343 g/mol. The summed E-state index contributed by atoms with van der Waals surface area (Å²) in [5.74, 6) is 1.62. The van der Waals surface area contributed by atoms with Gasteiger partial charge in [0.15, 0.2) is 0 Å². The van der Waals surface area contributed by atoms with Gasteiger partial charge in [-0.15, -0.1) is 0 Å². The maximum Gasteiger partial charge on any atom is 0.338 e. The summed E-state index contributed by atoms with van der Waals surface area (Å²) in [6.07, 6.45) is 6.43. The van der Waals surface area contributed by atoms with Crippen molar-refractivity contribution in [2.24, 2.45) is 11.8 Å². The van der Waals surface area contributed by atoms with Gasteiger partial charge in [0.1, 0.15) is 13.2 Å². The number of ether oxygens (including phenoxy) is 2. The Kier molecular flexibility index (Phi) is 5.16. The zero-order valence-electron chi connectivity index (χ0n) is 14.0. The molecule has 2 atom stereocenters. The van der Waals surface area contributed by atoms with Crippen LogP contribution in [0.3, 0.4) is 0 Å². The van der Waals surface area contributed by atoms with Crippen LogP contribution < -0.4 is 0 Å². The van der Waals surface area contributed by atoms with E-state index in [-0.39, 0.29) is 17.9 Å². The summed E-state index contributed by atoms with van der Waals surface area (Å²) in [7, 11) is 0. The number of nitro benzene ring substituents is 1. The van der Waals surface area contributed by atoms with E-state index in [9.17, 15) is 14.9 Å². The van der Waals surface area contributed by atoms with Crippen molar-refractivity contribution in [3.63, 3.8) is 0 Å². The summed E-state index contributed by atoms with van der Waals surface area (Å²) >= 11 is 0. The molecule has 0 spiro atoms. The summed E-state index contributed by atoms with van der Waals surface area (Å²) in [6.45, 7) is 4.55. The molecule has 1 saturated carbocycles. The van der Waals surface area contributed by atoms with E-state index < -0.39 is 10.9 Å². The fourth-order valence-corrected chi connectivity index (χ4v) is 3.57. The fraction of sp³-hybridized carbons (Fsp3) is 0.421. The Morgan fingerprint density at radius 2 is 1.96 bits per heavy atom. The van der Waals surface area contributed by atoms with E-state index in [0.717, 1.165) is 25.0 Å². The van der Waals surface area contributed by atoms with Gasteiger partial charge >= 0.3 is 5.97 Å². The molecule has 0 heterocycles. The second-order valence-electron chi connectivity index (χ2n) is 6.65. The van der Waals surface area contributed by atoms with Gasteiger partial charge in [0.05, 0.1) is 16.2 Å². The Morgan fingerprint density at radius 1 is 1.20 bits per heavy atom. The summed E-state index contributed by atoms with van der Waals surface area (Å²) in [6, 6.07) is 5.34. The fourth-order valence-electron chi connectivity index (χ4n) is 3.57. The lowest BCUT2D eigenvalue weighted by molar-refractivity contribution is -0.384. The van der Waals surface area contributed by atoms with Crippen LogP contribution in [0.5, 0.6) is 0 Å². The number of carbonyl (C=O) groups is 1. The van der Waals surface area contributed by atoms with Crippen molar-refractivity contribution in [2.45, 2.75) is 25.7 Å². The van der Waals surface area contributed by atoms with E-state index in [1.165, 1.54) is 36.3 Å². The second kappa shape index (κ2) is 7.51. The van der Waals surface area contributed by atoms with Gasteiger partial charge in [-0.3, -0.25) is 10.1 Å². The van der Waals surface area contributed by atoms with E-state index >= 15 is 0 Å². The minimum absolute atomic E-state index is 0.0580. The number of nitrogens with zero attached hydrogens (tertiary/aromatic N) is 1. The molecule has 1 fully saturated rings. The predicted octanol–water partition coefficient (Wildman–Crippen LogP) is 4.03. The van der Waals surface area contributed by atoms with E-state index in [1.807, 2.05) is 0 Å². The maximum atomic E-state index is 11.9.